The summed E-state index contributed by atoms with van der Waals surface area (Å²) in [4.78, 5) is 90.2. The summed E-state index contributed by atoms with van der Waals surface area (Å²) < 4.78 is 0. The quantitative estimate of drug-likeness (QED) is 0.0642. The van der Waals surface area contributed by atoms with Crippen LogP contribution in [0.2, 0.25) is 5.02 Å². The second-order valence-electron chi connectivity index (χ2n) is 22.7. The van der Waals surface area contributed by atoms with Crippen LogP contribution >= 0.6 is 23.2 Å². The Morgan fingerprint density at radius 1 is 0.625 bits per heavy atom. The van der Waals surface area contributed by atoms with Crippen LogP contribution < -0.4 is 21.3 Å². The zero-order chi connectivity index (χ0) is 53.2. The van der Waals surface area contributed by atoms with Gasteiger partial charge in [-0.2, -0.15) is 0 Å². The van der Waals surface area contributed by atoms with Gasteiger partial charge in [-0.1, -0.05) is 114 Å². The molecule has 4 N–H and O–H groups in total. The molecule has 1 aromatic carbocycles. The van der Waals surface area contributed by atoms with Crippen molar-refractivity contribution in [2.75, 3.05) is 53.4 Å². The zero-order valence-corrected chi connectivity index (χ0v) is 47.0. The number of nitrogens with zero attached hydrogens (tertiary/aromatic N) is 4. The molecule has 16 heteroatoms. The highest BCUT2D eigenvalue weighted by Crippen LogP contribution is 2.30. The van der Waals surface area contributed by atoms with Gasteiger partial charge < -0.3 is 40.9 Å². The molecule has 72 heavy (non-hydrogen) atoms. The lowest BCUT2D eigenvalue weighted by Crippen LogP contribution is -2.59. The summed E-state index contributed by atoms with van der Waals surface area (Å²) in [5.41, 5.74) is 1.32. The van der Waals surface area contributed by atoms with E-state index in [0.717, 1.165) is 94.1 Å². The Balaban J connectivity index is 1.33. The lowest BCUT2D eigenvalue weighted by atomic mass is 9.85. The van der Waals surface area contributed by atoms with Crippen LogP contribution in [-0.2, 0) is 35.2 Å². The Morgan fingerprint density at radius 3 is 1.46 bits per heavy atom. The molecule has 1 aromatic rings. The fourth-order valence-electron chi connectivity index (χ4n) is 9.83. The lowest BCUT2D eigenvalue weighted by Gasteiger charge is -2.37. The Hall–Kier alpha value is -3.98. The van der Waals surface area contributed by atoms with E-state index in [0.29, 0.717) is 63.6 Å². The first kappa shape index (κ1) is 60.6. The van der Waals surface area contributed by atoms with Crippen molar-refractivity contribution in [3.8, 4) is 0 Å². The highest BCUT2D eigenvalue weighted by Gasteiger charge is 2.42. The minimum absolute atomic E-state index is 0.0742. The van der Waals surface area contributed by atoms with Crippen LogP contribution in [0.3, 0.4) is 0 Å². The number of unbranched alkanes of at least 4 members (excludes halogenated alkanes) is 5. The van der Waals surface area contributed by atoms with Crippen molar-refractivity contribution in [3.05, 3.63) is 57.6 Å². The minimum atomic E-state index is -0.707. The molecule has 0 spiro atoms. The Morgan fingerprint density at radius 2 is 1.06 bits per heavy atom. The van der Waals surface area contributed by atoms with Crippen molar-refractivity contribution in [1.82, 2.24) is 40.9 Å². The molecule has 0 unspecified atom stereocenters. The van der Waals surface area contributed by atoms with Crippen molar-refractivity contribution < 1.29 is 28.8 Å². The molecule has 1 aliphatic carbocycles. The molecule has 14 nitrogen and oxygen atoms in total. The summed E-state index contributed by atoms with van der Waals surface area (Å²) in [7, 11) is 3.44. The fraction of sp³-hybridized carbons (Fsp3) is 0.714. The molecule has 2 fully saturated rings. The minimum Gasteiger partial charge on any atom is -0.342 e. The van der Waals surface area contributed by atoms with Crippen LogP contribution in [-0.4, -0.2) is 145 Å². The van der Waals surface area contributed by atoms with E-state index in [4.69, 9.17) is 23.2 Å². The van der Waals surface area contributed by atoms with Gasteiger partial charge in [0, 0.05) is 74.2 Å². The van der Waals surface area contributed by atoms with Crippen LogP contribution in [0.4, 0.5) is 0 Å². The average Bonchev–Trinajstić information content (AvgIpc) is 4.02. The molecular weight excluding hydrogens is 952 g/mol. The number of likely N-dealkylation sites (N-methyl/N-ethyl adjacent to an activating group) is 2. The third-order valence-electron chi connectivity index (χ3n) is 14.8. The van der Waals surface area contributed by atoms with E-state index >= 15 is 0 Å². The largest absolute Gasteiger partial charge is 0.342 e. The SMILES string of the molecule is CN[C@@H](C)C(=O)N[C@H](C(=O)N1CCC[C@H]1CN(CCC1=CC=C(Cl)CC1)C(=O)CCCCCCCCC(=O)N(CCc1ccc(Cl)cc1)C[C@@H]1CCCN1C(=O)[C@@H](NC(=O)[C@H](C)NC)C(C)(C)C)C(C)(C)C. The average molecular weight is 1040 g/mol. The van der Waals surface area contributed by atoms with Crippen LogP contribution in [0.5, 0.6) is 0 Å². The van der Waals surface area contributed by atoms with Crippen LogP contribution in [0.1, 0.15) is 157 Å². The molecular formula is C56H90Cl2N8O6. The standard InChI is InChI=1S/C56H90Cl2N8O6/c1-39(59-9)51(69)61-49(55(3,4)5)53(71)65-33-17-19-45(65)37-63(35-31-41-23-27-43(57)28-24-41)47(67)21-15-13-11-12-14-16-22-48(68)64(36-32-42-25-29-44(58)30-26-42)38-46-20-18-34-66(46)54(72)50(56(6,7)8)62-52(70)40(2)60-10/h23-25,27-29,39-40,45-46,49-50,59-60H,11-22,26,30-38H2,1-10H3,(H,61,69)(H,62,70)/t39-,40-,45-,46-,49+,50+/m0/s1. The first-order valence-electron chi connectivity index (χ1n) is 26.9. The number of carbonyl (C=O) groups excluding carboxylic acids is 6. The molecule has 0 aromatic heterocycles. The van der Waals surface area contributed by atoms with Crippen molar-refractivity contribution in [2.45, 2.75) is 194 Å². The maximum Gasteiger partial charge on any atom is 0.246 e. The first-order valence-corrected chi connectivity index (χ1v) is 27.7. The van der Waals surface area contributed by atoms with Gasteiger partial charge in [0.1, 0.15) is 12.1 Å². The number of halogens is 2. The molecule has 2 saturated heterocycles. The summed E-state index contributed by atoms with van der Waals surface area (Å²) in [5, 5.41) is 13.5. The first-order chi connectivity index (χ1) is 34.0. The van der Waals surface area contributed by atoms with Crippen molar-refractivity contribution in [1.29, 1.82) is 0 Å². The topological polar surface area (TPSA) is 163 Å². The second kappa shape index (κ2) is 29.2. The number of hydrogen-bond acceptors (Lipinski definition) is 8. The van der Waals surface area contributed by atoms with Gasteiger partial charge in [-0.05, 0) is 127 Å². The van der Waals surface area contributed by atoms with Gasteiger partial charge in [-0.15, -0.1) is 0 Å². The van der Waals surface area contributed by atoms with E-state index in [1.165, 1.54) is 5.57 Å². The number of likely N-dealkylation sites (tertiary alicyclic amines) is 2. The van der Waals surface area contributed by atoms with E-state index < -0.39 is 35.0 Å². The van der Waals surface area contributed by atoms with E-state index in [-0.39, 0.29) is 47.5 Å². The molecule has 6 amide bonds. The summed E-state index contributed by atoms with van der Waals surface area (Å²) in [6.45, 7) is 18.5. The van der Waals surface area contributed by atoms with Crippen molar-refractivity contribution in [2.24, 2.45) is 10.8 Å². The third-order valence-corrected chi connectivity index (χ3v) is 15.4. The number of amides is 6. The van der Waals surface area contributed by atoms with Crippen molar-refractivity contribution in [3.63, 3.8) is 0 Å². The zero-order valence-electron chi connectivity index (χ0n) is 45.5. The molecule has 2 aliphatic heterocycles. The Bertz CT molecular complexity index is 2020. The maximum atomic E-state index is 14.2. The molecule has 2 heterocycles. The molecule has 0 saturated carbocycles. The highest BCUT2D eigenvalue weighted by molar-refractivity contribution is 6.30. The van der Waals surface area contributed by atoms with Gasteiger partial charge in [-0.25, -0.2) is 0 Å². The molecule has 6 atom stereocenters. The van der Waals surface area contributed by atoms with Gasteiger partial charge in [-0.3, -0.25) is 28.8 Å². The number of rotatable bonds is 27. The molecule has 0 bridgehead atoms. The fourth-order valence-corrected chi connectivity index (χ4v) is 10.1. The third kappa shape index (κ3) is 19.1. The van der Waals surface area contributed by atoms with E-state index in [9.17, 15) is 28.8 Å². The lowest BCUT2D eigenvalue weighted by molar-refractivity contribution is -0.142. The van der Waals surface area contributed by atoms with Gasteiger partial charge in [0.05, 0.1) is 12.1 Å². The summed E-state index contributed by atoms with van der Waals surface area (Å²) in [6, 6.07) is 5.12. The van der Waals surface area contributed by atoms with Gasteiger partial charge >= 0.3 is 0 Å². The predicted octanol–water partition coefficient (Wildman–Crippen LogP) is 8.15. The van der Waals surface area contributed by atoms with E-state index in [2.05, 4.69) is 27.3 Å². The van der Waals surface area contributed by atoms with Gasteiger partial charge in [0.2, 0.25) is 35.4 Å². The smallest absolute Gasteiger partial charge is 0.246 e. The van der Waals surface area contributed by atoms with Crippen LogP contribution in [0, 0.1) is 10.8 Å². The number of allylic oxidation sites excluding steroid dienone is 3. The molecule has 404 valence electrons. The summed E-state index contributed by atoms with van der Waals surface area (Å²) in [5.74, 6) is -0.487. The second-order valence-corrected chi connectivity index (χ2v) is 23.6. The number of carbonyl (C=O) groups is 6. The Kier molecular flexibility index (Phi) is 24.6. The highest BCUT2D eigenvalue weighted by atomic mass is 35.5. The van der Waals surface area contributed by atoms with Gasteiger partial charge in [0.25, 0.3) is 0 Å². The molecule has 3 aliphatic rings. The number of hydrogen-bond donors (Lipinski definition) is 4. The number of nitrogens with one attached hydrogen (secondary N) is 4. The Labute approximate surface area is 442 Å². The van der Waals surface area contributed by atoms with Gasteiger partial charge in [0.15, 0.2) is 0 Å². The maximum absolute atomic E-state index is 14.2. The monoisotopic (exact) mass is 1040 g/mol. The summed E-state index contributed by atoms with van der Waals surface area (Å²) >= 11 is 12.4. The van der Waals surface area contributed by atoms with E-state index in [1.54, 1.807) is 27.9 Å². The van der Waals surface area contributed by atoms with Crippen LogP contribution in [0.25, 0.3) is 0 Å². The normalized spacial score (nSPS) is 18.9. The van der Waals surface area contributed by atoms with Crippen LogP contribution in [0.15, 0.2) is 47.0 Å². The summed E-state index contributed by atoms with van der Waals surface area (Å²) in [6.07, 6.45) is 16.4. The predicted molar refractivity (Wildman–Crippen MR) is 290 cm³/mol. The van der Waals surface area contributed by atoms with Crippen molar-refractivity contribution >= 4 is 58.6 Å². The van der Waals surface area contributed by atoms with E-state index in [1.807, 2.05) is 91.5 Å². The molecule has 4 rings (SSSR count). The number of benzene rings is 1. The molecule has 0 radical (unpaired) electrons.